The Bertz CT molecular complexity index is 798. The summed E-state index contributed by atoms with van der Waals surface area (Å²) in [5.74, 6) is -0.501. The highest BCUT2D eigenvalue weighted by atomic mass is 16.5. The first-order valence-corrected chi connectivity index (χ1v) is 7.54. The van der Waals surface area contributed by atoms with E-state index in [0.717, 1.165) is 4.68 Å². The van der Waals surface area contributed by atoms with Gasteiger partial charge in [0.15, 0.2) is 0 Å². The van der Waals surface area contributed by atoms with Crippen molar-refractivity contribution in [2.24, 2.45) is 5.10 Å². The molecular weight excluding hydrogens is 310 g/mol. The SMILES string of the molecule is COCCCNC(=O)c1nc2ccccc2c(=O)n1N=CN(C)C. The molecule has 0 radical (unpaired) electrons. The molecule has 0 fully saturated rings. The molecule has 1 N–H and O–H groups in total. The normalized spacial score (nSPS) is 11.1. The molecule has 1 amide bonds. The third kappa shape index (κ3) is 4.17. The van der Waals surface area contributed by atoms with Crippen LogP contribution in [-0.2, 0) is 4.74 Å². The van der Waals surface area contributed by atoms with Crippen LogP contribution in [0.15, 0.2) is 34.2 Å². The molecule has 0 bridgehead atoms. The summed E-state index contributed by atoms with van der Waals surface area (Å²) < 4.78 is 5.97. The van der Waals surface area contributed by atoms with Gasteiger partial charge in [0.1, 0.15) is 6.34 Å². The Hall–Kier alpha value is -2.74. The average Bonchev–Trinajstić information content (AvgIpc) is 2.57. The maximum atomic E-state index is 12.6. The number of hydrogen-bond donors (Lipinski definition) is 1. The highest BCUT2D eigenvalue weighted by molar-refractivity contribution is 5.93. The van der Waals surface area contributed by atoms with Crippen LogP contribution in [-0.4, -0.2) is 61.2 Å². The third-order valence-electron chi connectivity index (χ3n) is 3.17. The molecule has 128 valence electrons. The molecule has 0 aliphatic heterocycles. The van der Waals surface area contributed by atoms with E-state index in [1.54, 1.807) is 50.4 Å². The number of methoxy groups -OCH3 is 1. The number of benzene rings is 1. The van der Waals surface area contributed by atoms with Crippen molar-refractivity contribution in [1.82, 2.24) is 19.9 Å². The van der Waals surface area contributed by atoms with Gasteiger partial charge in [0.2, 0.25) is 5.82 Å². The number of hydrogen-bond acceptors (Lipinski definition) is 5. The van der Waals surface area contributed by atoms with Crippen molar-refractivity contribution < 1.29 is 9.53 Å². The Morgan fingerprint density at radius 2 is 2.17 bits per heavy atom. The molecule has 0 aliphatic rings. The highest BCUT2D eigenvalue weighted by Crippen LogP contribution is 2.08. The summed E-state index contributed by atoms with van der Waals surface area (Å²) in [5.41, 5.74) is 0.0709. The molecule has 0 saturated heterocycles. The fraction of sp³-hybridized carbons (Fsp3) is 0.375. The van der Waals surface area contributed by atoms with Gasteiger partial charge in [-0.05, 0) is 18.6 Å². The van der Waals surface area contributed by atoms with Gasteiger partial charge in [0.25, 0.3) is 11.5 Å². The Balaban J connectivity index is 2.43. The smallest absolute Gasteiger partial charge is 0.289 e. The number of carbonyl (C=O) groups is 1. The summed E-state index contributed by atoms with van der Waals surface area (Å²) >= 11 is 0. The lowest BCUT2D eigenvalue weighted by molar-refractivity contribution is 0.0933. The fourth-order valence-electron chi connectivity index (χ4n) is 2.03. The zero-order valence-corrected chi connectivity index (χ0v) is 14.0. The van der Waals surface area contributed by atoms with Gasteiger partial charge >= 0.3 is 0 Å². The van der Waals surface area contributed by atoms with E-state index in [1.807, 2.05) is 0 Å². The van der Waals surface area contributed by atoms with Crippen LogP contribution in [0.2, 0.25) is 0 Å². The molecule has 0 saturated carbocycles. The summed E-state index contributed by atoms with van der Waals surface area (Å²) in [4.78, 5) is 31.0. The molecule has 24 heavy (non-hydrogen) atoms. The maximum absolute atomic E-state index is 12.6. The lowest BCUT2D eigenvalue weighted by Crippen LogP contribution is -2.33. The van der Waals surface area contributed by atoms with Crippen molar-refractivity contribution in [3.63, 3.8) is 0 Å². The monoisotopic (exact) mass is 331 g/mol. The van der Waals surface area contributed by atoms with E-state index in [0.29, 0.717) is 30.5 Å². The van der Waals surface area contributed by atoms with Gasteiger partial charge in [-0.1, -0.05) is 12.1 Å². The number of aromatic nitrogens is 2. The number of ether oxygens (including phenoxy) is 1. The predicted molar refractivity (Wildman–Crippen MR) is 92.4 cm³/mol. The maximum Gasteiger partial charge on any atom is 0.289 e. The van der Waals surface area contributed by atoms with Crippen LogP contribution in [0.3, 0.4) is 0 Å². The second-order valence-corrected chi connectivity index (χ2v) is 5.37. The van der Waals surface area contributed by atoms with Crippen LogP contribution in [0.4, 0.5) is 0 Å². The van der Waals surface area contributed by atoms with Crippen molar-refractivity contribution in [3.05, 3.63) is 40.4 Å². The number of carbonyl (C=O) groups excluding carboxylic acids is 1. The number of nitrogens with one attached hydrogen (secondary N) is 1. The molecular formula is C16H21N5O3. The first-order chi connectivity index (χ1) is 11.5. The number of rotatable bonds is 7. The molecule has 2 aromatic rings. The zero-order chi connectivity index (χ0) is 17.5. The number of nitrogens with zero attached hydrogens (tertiary/aromatic N) is 4. The largest absolute Gasteiger partial charge is 0.385 e. The van der Waals surface area contributed by atoms with Crippen molar-refractivity contribution in [2.45, 2.75) is 6.42 Å². The van der Waals surface area contributed by atoms with Crippen LogP contribution in [0.25, 0.3) is 10.9 Å². The van der Waals surface area contributed by atoms with Crippen LogP contribution >= 0.6 is 0 Å². The second-order valence-electron chi connectivity index (χ2n) is 5.37. The van der Waals surface area contributed by atoms with Gasteiger partial charge < -0.3 is 15.0 Å². The number of amides is 1. The van der Waals surface area contributed by atoms with Gasteiger partial charge in [-0.15, -0.1) is 0 Å². The van der Waals surface area contributed by atoms with Crippen LogP contribution in [0, 0.1) is 0 Å². The number of para-hydroxylation sites is 1. The van der Waals surface area contributed by atoms with Crippen molar-refractivity contribution in [3.8, 4) is 0 Å². The summed E-state index contributed by atoms with van der Waals surface area (Å²) in [6.45, 7) is 0.962. The van der Waals surface area contributed by atoms with Gasteiger partial charge in [0.05, 0.1) is 10.9 Å². The Morgan fingerprint density at radius 1 is 1.42 bits per heavy atom. The van der Waals surface area contributed by atoms with E-state index >= 15 is 0 Å². The molecule has 0 spiro atoms. The Morgan fingerprint density at radius 3 is 2.88 bits per heavy atom. The van der Waals surface area contributed by atoms with Crippen LogP contribution < -0.4 is 10.9 Å². The van der Waals surface area contributed by atoms with E-state index in [4.69, 9.17) is 4.74 Å². The molecule has 1 aromatic heterocycles. The summed E-state index contributed by atoms with van der Waals surface area (Å²) in [6, 6.07) is 6.86. The lowest BCUT2D eigenvalue weighted by atomic mass is 10.2. The minimum absolute atomic E-state index is 0.0470. The lowest BCUT2D eigenvalue weighted by Gasteiger charge is -2.10. The topological polar surface area (TPSA) is 88.8 Å². The standard InChI is InChI=1S/C16H21N5O3/c1-20(2)11-18-21-14(15(22)17-9-6-10-24-3)19-13-8-5-4-7-12(13)16(21)23/h4-5,7-8,11H,6,9-10H2,1-3H3,(H,17,22). The van der Waals surface area contributed by atoms with Gasteiger partial charge in [0, 0.05) is 34.4 Å². The van der Waals surface area contributed by atoms with Crippen molar-refractivity contribution in [2.75, 3.05) is 34.4 Å². The molecule has 1 aromatic carbocycles. The minimum atomic E-state index is -0.454. The van der Waals surface area contributed by atoms with E-state index in [1.165, 1.54) is 6.34 Å². The van der Waals surface area contributed by atoms with E-state index in [9.17, 15) is 9.59 Å². The van der Waals surface area contributed by atoms with Gasteiger partial charge in [-0.25, -0.2) is 4.98 Å². The average molecular weight is 331 g/mol. The molecule has 8 heteroatoms. The predicted octanol–water partition coefficient (Wildman–Crippen LogP) is 0.516. The quantitative estimate of drug-likeness (QED) is 0.454. The summed E-state index contributed by atoms with van der Waals surface area (Å²) in [5, 5.41) is 7.21. The fourth-order valence-corrected chi connectivity index (χ4v) is 2.03. The van der Waals surface area contributed by atoms with E-state index in [-0.39, 0.29) is 11.4 Å². The molecule has 0 aliphatic carbocycles. The van der Waals surface area contributed by atoms with E-state index < -0.39 is 5.91 Å². The zero-order valence-electron chi connectivity index (χ0n) is 14.0. The summed E-state index contributed by atoms with van der Waals surface area (Å²) in [6.07, 6.45) is 2.11. The molecule has 8 nitrogen and oxygen atoms in total. The Labute approximate surface area is 139 Å². The van der Waals surface area contributed by atoms with Crippen molar-refractivity contribution >= 4 is 23.1 Å². The third-order valence-corrected chi connectivity index (χ3v) is 3.17. The molecule has 0 atom stereocenters. The van der Waals surface area contributed by atoms with Crippen molar-refractivity contribution in [1.29, 1.82) is 0 Å². The van der Waals surface area contributed by atoms with Gasteiger partial charge in [-0.3, -0.25) is 9.59 Å². The van der Waals surface area contributed by atoms with Crippen LogP contribution in [0.1, 0.15) is 17.0 Å². The Kier molecular flexibility index (Phi) is 6.02. The number of fused-ring (bicyclic) bond motifs is 1. The summed E-state index contributed by atoms with van der Waals surface area (Å²) in [7, 11) is 5.14. The van der Waals surface area contributed by atoms with Gasteiger partial charge in [-0.2, -0.15) is 9.78 Å². The highest BCUT2D eigenvalue weighted by Gasteiger charge is 2.16. The van der Waals surface area contributed by atoms with E-state index in [2.05, 4.69) is 15.4 Å². The minimum Gasteiger partial charge on any atom is -0.385 e. The molecule has 0 unspecified atom stereocenters. The first kappa shape index (κ1) is 17.6. The first-order valence-electron chi connectivity index (χ1n) is 7.54. The molecule has 2 rings (SSSR count). The second kappa shape index (κ2) is 8.21. The van der Waals surface area contributed by atoms with Crippen LogP contribution in [0.5, 0.6) is 0 Å². The molecule has 1 heterocycles.